The number of carbonyl (C=O) groups is 3. The van der Waals surface area contributed by atoms with Gasteiger partial charge in [-0.1, -0.05) is 57.2 Å². The van der Waals surface area contributed by atoms with Crippen LogP contribution in [0.1, 0.15) is 68.8 Å². The van der Waals surface area contributed by atoms with Crippen LogP contribution < -0.4 is 14.9 Å². The summed E-state index contributed by atoms with van der Waals surface area (Å²) < 4.78 is 27.1. The number of benzene rings is 2. The van der Waals surface area contributed by atoms with Crippen molar-refractivity contribution in [2.24, 2.45) is 11.8 Å². The Balaban J connectivity index is 2.05. The summed E-state index contributed by atoms with van der Waals surface area (Å²) in [4.78, 5) is 36.3. The molecule has 0 aromatic heterocycles. The minimum Gasteiger partial charge on any atom is -0.481 e. The van der Waals surface area contributed by atoms with Crippen molar-refractivity contribution in [3.8, 4) is 0 Å². The van der Waals surface area contributed by atoms with E-state index in [0.717, 1.165) is 4.31 Å². The predicted molar refractivity (Wildman–Crippen MR) is 159 cm³/mol. The van der Waals surface area contributed by atoms with Crippen LogP contribution in [0, 0.1) is 11.8 Å². The molecule has 0 radical (unpaired) electrons. The van der Waals surface area contributed by atoms with Crippen LogP contribution in [0.25, 0.3) is 0 Å². The number of hydrogen-bond acceptors (Lipinski definition) is 6. The number of amides is 2. The maximum Gasteiger partial charge on any atom is 0.303 e. The summed E-state index contributed by atoms with van der Waals surface area (Å²) in [5, 5.41) is 25.3. The lowest BCUT2D eigenvalue weighted by atomic mass is 9.92. The Kier molecular flexibility index (Phi) is 13.3. The van der Waals surface area contributed by atoms with E-state index in [1.807, 2.05) is 19.9 Å². The van der Waals surface area contributed by atoms with Gasteiger partial charge in [-0.25, -0.2) is 8.42 Å². The van der Waals surface area contributed by atoms with E-state index in [9.17, 15) is 27.9 Å². The summed E-state index contributed by atoms with van der Waals surface area (Å²) in [5.41, 5.74) is 1.24. The number of hydrogen-bond donors (Lipinski definition) is 4. The Morgan fingerprint density at radius 3 is 2.27 bits per heavy atom. The Hall–Kier alpha value is -3.44. The molecule has 2 amide bonds. The van der Waals surface area contributed by atoms with Gasteiger partial charge in [-0.3, -0.25) is 18.7 Å². The van der Waals surface area contributed by atoms with Gasteiger partial charge in [0, 0.05) is 31.5 Å². The van der Waals surface area contributed by atoms with Gasteiger partial charge in [0.25, 0.3) is 5.91 Å². The minimum atomic E-state index is -3.70. The number of carboxylic acids is 1. The zero-order chi connectivity index (χ0) is 30.6. The molecule has 0 fully saturated rings. The number of carbonyl (C=O) groups excluding carboxylic acids is 2. The summed E-state index contributed by atoms with van der Waals surface area (Å²) in [5.74, 6) is -2.14. The molecule has 2 unspecified atom stereocenters. The van der Waals surface area contributed by atoms with Gasteiger partial charge in [-0.05, 0) is 55.4 Å². The molecule has 4 N–H and O–H groups in total. The van der Waals surface area contributed by atoms with Gasteiger partial charge in [-0.15, -0.1) is 0 Å². The van der Waals surface area contributed by atoms with Crippen LogP contribution in [0.3, 0.4) is 0 Å². The number of carboxylic acid groups (broad SMARTS) is 1. The van der Waals surface area contributed by atoms with Crippen LogP contribution in [-0.4, -0.2) is 62.2 Å². The van der Waals surface area contributed by atoms with Gasteiger partial charge in [-0.2, -0.15) is 0 Å². The Morgan fingerprint density at radius 2 is 1.63 bits per heavy atom. The number of rotatable bonds is 17. The fraction of sp³-hybridized carbons (Fsp3) is 0.500. The quantitative estimate of drug-likeness (QED) is 0.206. The molecule has 2 aromatic rings. The molecule has 0 aliphatic heterocycles. The maximum atomic E-state index is 13.2. The smallest absolute Gasteiger partial charge is 0.303 e. The number of sulfonamides is 1. The molecule has 226 valence electrons. The number of anilines is 1. The van der Waals surface area contributed by atoms with Crippen LogP contribution in [0.4, 0.5) is 5.69 Å². The Morgan fingerprint density at radius 1 is 0.951 bits per heavy atom. The van der Waals surface area contributed by atoms with Crippen molar-refractivity contribution in [1.82, 2.24) is 10.6 Å². The van der Waals surface area contributed by atoms with Gasteiger partial charge in [0.05, 0.1) is 23.6 Å². The number of nitrogens with zero attached hydrogens (tertiary/aromatic N) is 1. The number of unbranched alkanes of at least 4 members (excludes halogenated alkanes) is 1. The first-order chi connectivity index (χ1) is 19.3. The van der Waals surface area contributed by atoms with Crippen LogP contribution in [-0.2, 0) is 25.4 Å². The maximum absolute atomic E-state index is 13.2. The molecule has 3 atom stereocenters. The second-order valence-corrected chi connectivity index (χ2v) is 12.8. The molecule has 11 heteroatoms. The fourth-order valence-corrected chi connectivity index (χ4v) is 5.62. The summed E-state index contributed by atoms with van der Waals surface area (Å²) >= 11 is 0. The normalized spacial score (nSPS) is 13.7. The summed E-state index contributed by atoms with van der Waals surface area (Å²) in [6.07, 6.45) is 0.655. The van der Waals surface area contributed by atoms with Crippen molar-refractivity contribution >= 4 is 33.5 Å². The van der Waals surface area contributed by atoms with E-state index in [0.29, 0.717) is 37.1 Å². The molecule has 2 aromatic carbocycles. The first-order valence-electron chi connectivity index (χ1n) is 13.9. The van der Waals surface area contributed by atoms with Gasteiger partial charge in [0.15, 0.2) is 0 Å². The van der Waals surface area contributed by atoms with E-state index in [4.69, 9.17) is 5.11 Å². The van der Waals surface area contributed by atoms with Gasteiger partial charge in [0.2, 0.25) is 15.9 Å². The number of nitrogens with one attached hydrogen (secondary N) is 2. The molecule has 41 heavy (non-hydrogen) atoms. The third kappa shape index (κ3) is 11.5. The molecule has 0 spiro atoms. The molecule has 0 aliphatic rings. The Bertz CT molecular complexity index is 1250. The largest absolute Gasteiger partial charge is 0.481 e. The number of aliphatic hydroxyl groups is 1. The third-order valence-corrected chi connectivity index (χ3v) is 8.49. The molecule has 10 nitrogen and oxygen atoms in total. The highest BCUT2D eigenvalue weighted by atomic mass is 32.2. The van der Waals surface area contributed by atoms with Crippen molar-refractivity contribution in [2.75, 3.05) is 17.9 Å². The van der Waals surface area contributed by atoms with Crippen molar-refractivity contribution < 1.29 is 33.0 Å². The summed E-state index contributed by atoms with van der Waals surface area (Å²) in [6.45, 7) is 5.97. The van der Waals surface area contributed by atoms with Gasteiger partial charge >= 0.3 is 5.97 Å². The standard InChI is InChI=1S/C30H43N3O7S/c1-21(2)17-26(27(34)18-22(3)29(37)31-16-9-8-15-28(35)36)32-30(38)24-13-10-14-25(19-24)33(4)41(39,40)20-23-11-6-5-7-12-23/h5-7,10-14,19,21-22,26-27,34H,8-9,15-18,20H2,1-4H3,(H,31,37)(H,32,38)(H,35,36)/t22?,26-,27?/m0/s1. The second kappa shape index (κ2) is 16.1. The monoisotopic (exact) mass is 589 g/mol. The van der Waals surface area contributed by atoms with Crippen molar-refractivity contribution in [3.05, 3.63) is 65.7 Å². The SMILES string of the molecule is CC(C)C[C@H](NC(=O)c1cccc(N(C)S(=O)(=O)Cc2ccccc2)c1)C(O)CC(C)C(=O)NCCCCC(=O)O. The van der Waals surface area contributed by atoms with Crippen molar-refractivity contribution in [2.45, 2.75) is 70.8 Å². The van der Waals surface area contributed by atoms with E-state index >= 15 is 0 Å². The average molecular weight is 590 g/mol. The highest BCUT2D eigenvalue weighted by Crippen LogP contribution is 2.22. The van der Waals surface area contributed by atoms with Crippen LogP contribution >= 0.6 is 0 Å². The topological polar surface area (TPSA) is 153 Å². The molecule has 0 aliphatic carbocycles. The first-order valence-corrected chi connectivity index (χ1v) is 15.5. The Labute approximate surface area is 243 Å². The lowest BCUT2D eigenvalue weighted by Crippen LogP contribution is -2.46. The van der Waals surface area contributed by atoms with Gasteiger partial charge < -0.3 is 20.8 Å². The van der Waals surface area contributed by atoms with E-state index in [1.54, 1.807) is 49.4 Å². The zero-order valence-electron chi connectivity index (χ0n) is 24.2. The van der Waals surface area contributed by atoms with Gasteiger partial charge in [0.1, 0.15) is 0 Å². The average Bonchev–Trinajstić information content (AvgIpc) is 2.91. The molecule has 0 saturated carbocycles. The lowest BCUT2D eigenvalue weighted by Gasteiger charge is -2.28. The number of aliphatic carboxylic acids is 1. The van der Waals surface area contributed by atoms with E-state index in [2.05, 4.69) is 10.6 Å². The lowest BCUT2D eigenvalue weighted by molar-refractivity contribution is -0.137. The minimum absolute atomic E-state index is 0.0451. The molecule has 0 heterocycles. The molecular weight excluding hydrogens is 546 g/mol. The van der Waals surface area contributed by atoms with E-state index in [-0.39, 0.29) is 36.0 Å². The molecule has 0 bridgehead atoms. The fourth-order valence-electron chi connectivity index (χ4n) is 4.38. The predicted octanol–water partition coefficient (Wildman–Crippen LogP) is 3.56. The van der Waals surface area contributed by atoms with Crippen molar-refractivity contribution in [3.63, 3.8) is 0 Å². The highest BCUT2D eigenvalue weighted by molar-refractivity contribution is 7.92. The summed E-state index contributed by atoms with van der Waals surface area (Å²) in [7, 11) is -2.26. The molecular formula is C30H43N3O7S. The van der Waals surface area contributed by atoms with Crippen LogP contribution in [0.15, 0.2) is 54.6 Å². The number of aliphatic hydroxyl groups excluding tert-OH is 1. The first kappa shape index (κ1) is 33.8. The summed E-state index contributed by atoms with van der Waals surface area (Å²) in [6, 6.07) is 14.5. The van der Waals surface area contributed by atoms with Crippen LogP contribution in [0.5, 0.6) is 0 Å². The van der Waals surface area contributed by atoms with Crippen LogP contribution in [0.2, 0.25) is 0 Å². The molecule has 0 saturated heterocycles. The zero-order valence-corrected chi connectivity index (χ0v) is 25.1. The van der Waals surface area contributed by atoms with Crippen molar-refractivity contribution in [1.29, 1.82) is 0 Å². The van der Waals surface area contributed by atoms with E-state index in [1.165, 1.54) is 13.1 Å². The van der Waals surface area contributed by atoms with E-state index < -0.39 is 40.0 Å². The molecule has 2 rings (SSSR count). The second-order valence-electron chi connectivity index (χ2n) is 10.8. The third-order valence-electron chi connectivity index (χ3n) is 6.75. The highest BCUT2D eigenvalue weighted by Gasteiger charge is 2.27.